The van der Waals surface area contributed by atoms with Crippen molar-refractivity contribution in [2.45, 2.75) is 18.8 Å². The van der Waals surface area contributed by atoms with Gasteiger partial charge in [-0.3, -0.25) is 0 Å². The average molecular weight is 283 g/mol. The zero-order valence-corrected chi connectivity index (χ0v) is 12.3. The molecule has 0 amide bonds. The van der Waals surface area contributed by atoms with E-state index in [0.717, 1.165) is 29.9 Å². The van der Waals surface area contributed by atoms with E-state index in [2.05, 4.69) is 30.3 Å². The van der Waals surface area contributed by atoms with Crippen molar-refractivity contribution in [3.63, 3.8) is 0 Å². The fraction of sp³-hybridized carbons (Fsp3) is 0.333. The Labute approximate surface area is 125 Å². The molecule has 1 unspecified atom stereocenters. The van der Waals surface area contributed by atoms with Gasteiger partial charge in [0.05, 0.1) is 13.7 Å². The van der Waals surface area contributed by atoms with Gasteiger partial charge in [0.15, 0.2) is 11.5 Å². The highest BCUT2D eigenvalue weighted by Gasteiger charge is 2.26. The van der Waals surface area contributed by atoms with E-state index in [1.54, 1.807) is 7.11 Å². The van der Waals surface area contributed by atoms with Gasteiger partial charge in [-0.2, -0.15) is 0 Å². The molecule has 0 fully saturated rings. The maximum atomic E-state index is 6.09. The second kappa shape index (κ2) is 6.19. The largest absolute Gasteiger partial charge is 0.493 e. The van der Waals surface area contributed by atoms with Gasteiger partial charge in [-0.15, -0.1) is 0 Å². The number of hydrogen-bond acceptors (Lipinski definition) is 3. The summed E-state index contributed by atoms with van der Waals surface area (Å²) in [6.45, 7) is 1.30. The molecule has 0 saturated carbocycles. The first-order valence-electron chi connectivity index (χ1n) is 7.40. The van der Waals surface area contributed by atoms with Gasteiger partial charge in [0, 0.05) is 5.92 Å². The Balaban J connectivity index is 1.73. The van der Waals surface area contributed by atoms with E-state index >= 15 is 0 Å². The number of fused-ring (bicyclic) bond motifs is 1. The molecule has 0 radical (unpaired) electrons. The summed E-state index contributed by atoms with van der Waals surface area (Å²) in [6, 6.07) is 14.5. The van der Waals surface area contributed by atoms with Crippen LogP contribution in [0.15, 0.2) is 42.5 Å². The van der Waals surface area contributed by atoms with Gasteiger partial charge in [0.2, 0.25) is 0 Å². The zero-order valence-electron chi connectivity index (χ0n) is 12.3. The zero-order chi connectivity index (χ0) is 14.7. The molecule has 0 saturated heterocycles. The standard InChI is InChI=1S/C18H21NO2/c1-20-17-8-4-6-13(9-10-19)18(17)21-12-15-11-14-5-2-3-7-16(14)15/h2-8,15H,9-12,19H2,1H3. The molecule has 0 aromatic heterocycles. The van der Waals surface area contributed by atoms with Gasteiger partial charge < -0.3 is 15.2 Å². The van der Waals surface area contributed by atoms with E-state index in [1.807, 2.05) is 12.1 Å². The van der Waals surface area contributed by atoms with E-state index < -0.39 is 0 Å². The summed E-state index contributed by atoms with van der Waals surface area (Å²) in [7, 11) is 1.67. The first-order chi connectivity index (χ1) is 10.3. The predicted octanol–water partition coefficient (Wildman–Crippen LogP) is 2.92. The Kier molecular flexibility index (Phi) is 4.11. The molecule has 3 rings (SSSR count). The summed E-state index contributed by atoms with van der Waals surface area (Å²) >= 11 is 0. The second-order valence-electron chi connectivity index (χ2n) is 5.40. The monoisotopic (exact) mass is 283 g/mol. The summed E-state index contributed by atoms with van der Waals surface area (Å²) < 4.78 is 11.5. The number of ether oxygens (including phenoxy) is 2. The number of hydrogen-bond donors (Lipinski definition) is 1. The number of methoxy groups -OCH3 is 1. The third-order valence-electron chi connectivity index (χ3n) is 4.08. The van der Waals surface area contributed by atoms with Gasteiger partial charge >= 0.3 is 0 Å². The van der Waals surface area contributed by atoms with Crippen LogP contribution >= 0.6 is 0 Å². The fourth-order valence-electron chi connectivity index (χ4n) is 2.93. The van der Waals surface area contributed by atoms with Gasteiger partial charge in [-0.05, 0) is 42.1 Å². The van der Waals surface area contributed by atoms with Crippen LogP contribution in [0.5, 0.6) is 11.5 Å². The number of nitrogens with two attached hydrogens (primary N) is 1. The highest BCUT2D eigenvalue weighted by molar-refractivity contribution is 5.47. The van der Waals surface area contributed by atoms with E-state index in [0.29, 0.717) is 19.1 Å². The third kappa shape index (κ3) is 2.74. The molecule has 3 heteroatoms. The summed E-state index contributed by atoms with van der Waals surface area (Å²) in [6.07, 6.45) is 1.89. The van der Waals surface area contributed by atoms with Gasteiger partial charge in [0.1, 0.15) is 0 Å². The van der Waals surface area contributed by atoms with Crippen molar-refractivity contribution in [3.05, 3.63) is 59.2 Å². The lowest BCUT2D eigenvalue weighted by Crippen LogP contribution is -2.23. The molecule has 1 aliphatic carbocycles. The van der Waals surface area contributed by atoms with Crippen molar-refractivity contribution in [1.82, 2.24) is 0 Å². The highest BCUT2D eigenvalue weighted by Crippen LogP contribution is 2.37. The minimum absolute atomic E-state index is 0.483. The Hall–Kier alpha value is -2.00. The molecular formula is C18H21NO2. The van der Waals surface area contributed by atoms with Crippen LogP contribution in [0, 0.1) is 0 Å². The van der Waals surface area contributed by atoms with E-state index in [-0.39, 0.29) is 0 Å². The lowest BCUT2D eigenvalue weighted by atomic mass is 9.78. The first-order valence-corrected chi connectivity index (χ1v) is 7.40. The Bertz CT molecular complexity index is 624. The summed E-state index contributed by atoms with van der Waals surface area (Å²) in [5.74, 6) is 2.11. The molecule has 1 atom stereocenters. The molecule has 0 bridgehead atoms. The predicted molar refractivity (Wildman–Crippen MR) is 84.1 cm³/mol. The molecule has 0 aliphatic heterocycles. The van der Waals surface area contributed by atoms with Crippen molar-refractivity contribution < 1.29 is 9.47 Å². The highest BCUT2D eigenvalue weighted by atomic mass is 16.5. The van der Waals surface area contributed by atoms with Crippen LogP contribution in [0.1, 0.15) is 22.6 Å². The lowest BCUT2D eigenvalue weighted by molar-refractivity contribution is 0.258. The Morgan fingerprint density at radius 3 is 2.76 bits per heavy atom. The van der Waals surface area contributed by atoms with Gasteiger partial charge in [0.25, 0.3) is 0 Å². The number of benzene rings is 2. The van der Waals surface area contributed by atoms with E-state index in [1.165, 1.54) is 11.1 Å². The van der Waals surface area contributed by atoms with Crippen LogP contribution in [-0.4, -0.2) is 20.3 Å². The summed E-state index contributed by atoms with van der Waals surface area (Å²) in [4.78, 5) is 0. The summed E-state index contributed by atoms with van der Waals surface area (Å²) in [5.41, 5.74) is 9.64. The fourth-order valence-corrected chi connectivity index (χ4v) is 2.93. The normalized spacial score (nSPS) is 16.0. The van der Waals surface area contributed by atoms with Crippen LogP contribution < -0.4 is 15.2 Å². The first kappa shape index (κ1) is 14.0. The Morgan fingerprint density at radius 1 is 1.14 bits per heavy atom. The van der Waals surface area contributed by atoms with Crippen LogP contribution in [0.2, 0.25) is 0 Å². The number of rotatable bonds is 6. The van der Waals surface area contributed by atoms with Crippen molar-refractivity contribution in [2.24, 2.45) is 5.73 Å². The quantitative estimate of drug-likeness (QED) is 0.886. The van der Waals surface area contributed by atoms with Crippen LogP contribution in [0.3, 0.4) is 0 Å². The molecule has 2 aromatic rings. The van der Waals surface area contributed by atoms with Crippen LogP contribution in [-0.2, 0) is 12.8 Å². The van der Waals surface area contributed by atoms with E-state index in [4.69, 9.17) is 15.2 Å². The number of para-hydroxylation sites is 1. The Morgan fingerprint density at radius 2 is 2.00 bits per heavy atom. The molecule has 0 heterocycles. The smallest absolute Gasteiger partial charge is 0.164 e. The topological polar surface area (TPSA) is 44.5 Å². The molecular weight excluding hydrogens is 262 g/mol. The molecule has 0 spiro atoms. The van der Waals surface area contributed by atoms with Crippen LogP contribution in [0.4, 0.5) is 0 Å². The molecule has 110 valence electrons. The molecule has 2 aromatic carbocycles. The summed E-state index contributed by atoms with van der Waals surface area (Å²) in [5, 5.41) is 0. The maximum Gasteiger partial charge on any atom is 0.164 e. The lowest BCUT2D eigenvalue weighted by Gasteiger charge is -2.30. The molecule has 2 N–H and O–H groups in total. The van der Waals surface area contributed by atoms with Crippen LogP contribution in [0.25, 0.3) is 0 Å². The maximum absolute atomic E-state index is 6.09. The van der Waals surface area contributed by atoms with Crippen molar-refractivity contribution in [1.29, 1.82) is 0 Å². The molecule has 3 nitrogen and oxygen atoms in total. The van der Waals surface area contributed by atoms with Gasteiger partial charge in [-0.1, -0.05) is 36.4 Å². The third-order valence-corrected chi connectivity index (χ3v) is 4.08. The molecule has 1 aliphatic rings. The minimum Gasteiger partial charge on any atom is -0.493 e. The van der Waals surface area contributed by atoms with E-state index in [9.17, 15) is 0 Å². The van der Waals surface area contributed by atoms with Crippen molar-refractivity contribution in [3.8, 4) is 11.5 Å². The SMILES string of the molecule is COc1cccc(CCN)c1OCC1Cc2ccccc21. The minimum atomic E-state index is 0.483. The average Bonchev–Trinajstić information content (AvgIpc) is 2.49. The van der Waals surface area contributed by atoms with Crippen molar-refractivity contribution >= 4 is 0 Å². The molecule has 21 heavy (non-hydrogen) atoms. The second-order valence-corrected chi connectivity index (χ2v) is 5.40. The van der Waals surface area contributed by atoms with Crippen molar-refractivity contribution in [2.75, 3.05) is 20.3 Å². The van der Waals surface area contributed by atoms with Gasteiger partial charge in [-0.25, -0.2) is 0 Å².